The van der Waals surface area contributed by atoms with Gasteiger partial charge in [-0.15, -0.1) is 0 Å². The van der Waals surface area contributed by atoms with Gasteiger partial charge < -0.3 is 24.2 Å². The number of carbonyl (C=O) groups excluding carboxylic acids is 2. The molecule has 2 heterocycles. The van der Waals surface area contributed by atoms with E-state index in [4.69, 9.17) is 9.47 Å². The molecule has 0 radical (unpaired) electrons. The van der Waals surface area contributed by atoms with E-state index in [1.54, 1.807) is 13.2 Å². The van der Waals surface area contributed by atoms with Gasteiger partial charge in [0, 0.05) is 51.1 Å². The second kappa shape index (κ2) is 10.9. The third-order valence-electron chi connectivity index (χ3n) is 7.12. The van der Waals surface area contributed by atoms with Crippen LogP contribution < -0.4 is 9.47 Å². The molecule has 2 aliphatic rings. The SMILES string of the molecule is COc1ccccc1C(=O)N1CCC(COc2ccccc2)(CC(=O)N2CCN(C)CC2)CC1. The van der Waals surface area contributed by atoms with E-state index in [2.05, 4.69) is 11.9 Å². The lowest BCUT2D eigenvalue weighted by molar-refractivity contribution is -0.136. The molecule has 0 bridgehead atoms. The highest BCUT2D eigenvalue weighted by Crippen LogP contribution is 2.37. The van der Waals surface area contributed by atoms with E-state index >= 15 is 0 Å². The molecule has 0 atom stereocenters. The van der Waals surface area contributed by atoms with Gasteiger partial charge in [-0.3, -0.25) is 9.59 Å². The zero-order valence-electron chi connectivity index (χ0n) is 20.2. The molecule has 2 aromatic rings. The fourth-order valence-electron chi connectivity index (χ4n) is 4.79. The smallest absolute Gasteiger partial charge is 0.257 e. The first-order chi connectivity index (χ1) is 16.5. The number of rotatable bonds is 7. The first-order valence-corrected chi connectivity index (χ1v) is 12.1. The van der Waals surface area contributed by atoms with Crippen molar-refractivity contribution in [3.05, 3.63) is 60.2 Å². The van der Waals surface area contributed by atoms with E-state index in [0.717, 1.165) is 44.8 Å². The number of methoxy groups -OCH3 is 1. The predicted octanol–water partition coefficient (Wildman–Crippen LogP) is 3.16. The number of hydrogen-bond donors (Lipinski definition) is 0. The van der Waals surface area contributed by atoms with E-state index in [1.807, 2.05) is 58.3 Å². The Balaban J connectivity index is 1.45. The highest BCUT2D eigenvalue weighted by atomic mass is 16.5. The second-order valence-corrected chi connectivity index (χ2v) is 9.46. The Labute approximate surface area is 202 Å². The molecule has 0 aromatic heterocycles. The Morgan fingerprint density at radius 2 is 1.50 bits per heavy atom. The van der Waals surface area contributed by atoms with Crippen molar-refractivity contribution in [3.63, 3.8) is 0 Å². The lowest BCUT2D eigenvalue weighted by Crippen LogP contribution is -2.51. The second-order valence-electron chi connectivity index (χ2n) is 9.46. The van der Waals surface area contributed by atoms with E-state index < -0.39 is 0 Å². The third kappa shape index (κ3) is 5.70. The molecule has 2 saturated heterocycles. The molecule has 34 heavy (non-hydrogen) atoms. The van der Waals surface area contributed by atoms with Crippen molar-refractivity contribution in [2.45, 2.75) is 19.3 Å². The minimum absolute atomic E-state index is 0.0274. The minimum Gasteiger partial charge on any atom is -0.496 e. The Bertz CT molecular complexity index is 965. The normalized spacial score (nSPS) is 18.4. The molecule has 0 N–H and O–H groups in total. The van der Waals surface area contributed by atoms with E-state index in [9.17, 15) is 9.59 Å². The van der Waals surface area contributed by atoms with Gasteiger partial charge in [0.15, 0.2) is 0 Å². The summed E-state index contributed by atoms with van der Waals surface area (Å²) in [6.45, 7) is 4.98. The van der Waals surface area contributed by atoms with E-state index in [0.29, 0.717) is 37.4 Å². The lowest BCUT2D eigenvalue weighted by Gasteiger charge is -2.43. The van der Waals surface area contributed by atoms with Gasteiger partial charge in [0.25, 0.3) is 5.91 Å². The van der Waals surface area contributed by atoms with Crippen LogP contribution in [0, 0.1) is 5.41 Å². The highest BCUT2D eigenvalue weighted by molar-refractivity contribution is 5.97. The number of para-hydroxylation sites is 2. The van der Waals surface area contributed by atoms with Crippen LogP contribution in [0.2, 0.25) is 0 Å². The van der Waals surface area contributed by atoms with Gasteiger partial charge in [0.05, 0.1) is 19.3 Å². The fraction of sp³-hybridized carbons (Fsp3) is 0.481. The van der Waals surface area contributed by atoms with Crippen molar-refractivity contribution in [3.8, 4) is 11.5 Å². The summed E-state index contributed by atoms with van der Waals surface area (Å²) < 4.78 is 11.6. The van der Waals surface area contributed by atoms with Gasteiger partial charge in [-0.1, -0.05) is 30.3 Å². The summed E-state index contributed by atoms with van der Waals surface area (Å²) in [6, 6.07) is 17.1. The van der Waals surface area contributed by atoms with Crippen molar-refractivity contribution in [2.24, 2.45) is 5.41 Å². The number of carbonyl (C=O) groups is 2. The zero-order chi connectivity index (χ0) is 24.0. The summed E-state index contributed by atoms with van der Waals surface area (Å²) in [7, 11) is 3.67. The molecule has 7 nitrogen and oxygen atoms in total. The first kappa shape index (κ1) is 24.1. The molecule has 2 aliphatic heterocycles. The molecule has 2 fully saturated rings. The largest absolute Gasteiger partial charge is 0.496 e. The molecule has 0 aliphatic carbocycles. The molecule has 0 unspecified atom stereocenters. The van der Waals surface area contributed by atoms with Crippen molar-refractivity contribution in [1.29, 1.82) is 0 Å². The molecular weight excluding hydrogens is 430 g/mol. The van der Waals surface area contributed by atoms with Crippen molar-refractivity contribution in [1.82, 2.24) is 14.7 Å². The number of ether oxygens (including phenoxy) is 2. The lowest BCUT2D eigenvalue weighted by atomic mass is 9.75. The summed E-state index contributed by atoms with van der Waals surface area (Å²) in [5, 5.41) is 0. The maximum Gasteiger partial charge on any atom is 0.257 e. The molecule has 0 saturated carbocycles. The van der Waals surface area contributed by atoms with Gasteiger partial charge in [0.1, 0.15) is 11.5 Å². The minimum atomic E-state index is -0.298. The Morgan fingerprint density at radius 1 is 0.853 bits per heavy atom. The molecule has 7 heteroatoms. The molecule has 2 amide bonds. The van der Waals surface area contributed by atoms with Crippen molar-refractivity contribution < 1.29 is 19.1 Å². The van der Waals surface area contributed by atoms with Gasteiger partial charge >= 0.3 is 0 Å². The van der Waals surface area contributed by atoms with Crippen LogP contribution in [0.3, 0.4) is 0 Å². The monoisotopic (exact) mass is 465 g/mol. The van der Waals surface area contributed by atoms with Gasteiger partial charge in [-0.2, -0.15) is 0 Å². The maximum absolute atomic E-state index is 13.3. The maximum atomic E-state index is 13.3. The third-order valence-corrected chi connectivity index (χ3v) is 7.12. The van der Waals surface area contributed by atoms with Crippen LogP contribution in [0.4, 0.5) is 0 Å². The number of amides is 2. The average molecular weight is 466 g/mol. The van der Waals surface area contributed by atoms with Crippen LogP contribution >= 0.6 is 0 Å². The van der Waals surface area contributed by atoms with E-state index in [1.165, 1.54) is 0 Å². The number of hydrogen-bond acceptors (Lipinski definition) is 5. The molecule has 0 spiro atoms. The van der Waals surface area contributed by atoms with Gasteiger partial charge in [-0.05, 0) is 44.2 Å². The summed E-state index contributed by atoms with van der Waals surface area (Å²) in [6.07, 6.45) is 1.89. The Hall–Kier alpha value is -3.06. The first-order valence-electron chi connectivity index (χ1n) is 12.1. The summed E-state index contributed by atoms with van der Waals surface area (Å²) in [4.78, 5) is 32.6. The number of piperidine rings is 1. The molecule has 4 rings (SSSR count). The quantitative estimate of drug-likeness (QED) is 0.629. The summed E-state index contributed by atoms with van der Waals surface area (Å²) >= 11 is 0. The molecule has 182 valence electrons. The van der Waals surface area contributed by atoms with Gasteiger partial charge in [-0.25, -0.2) is 0 Å². The Kier molecular flexibility index (Phi) is 7.73. The van der Waals surface area contributed by atoms with Crippen molar-refractivity contribution >= 4 is 11.8 Å². The number of likely N-dealkylation sites (N-methyl/N-ethyl adjacent to an activating group) is 1. The number of likely N-dealkylation sites (tertiary alicyclic amines) is 1. The standard InChI is InChI=1S/C27H35N3O4/c1-28-16-18-29(19-17-28)25(31)20-27(21-34-22-8-4-3-5-9-22)12-14-30(15-13-27)26(32)23-10-6-7-11-24(23)33-2/h3-11H,12-21H2,1-2H3. The fourth-order valence-corrected chi connectivity index (χ4v) is 4.79. The van der Waals surface area contributed by atoms with Crippen LogP contribution in [0.25, 0.3) is 0 Å². The summed E-state index contributed by atoms with van der Waals surface area (Å²) in [5.41, 5.74) is 0.278. The van der Waals surface area contributed by atoms with Crippen LogP contribution in [-0.4, -0.2) is 86.5 Å². The molecule has 2 aromatic carbocycles. The number of benzene rings is 2. The Morgan fingerprint density at radius 3 is 2.18 bits per heavy atom. The number of nitrogens with zero attached hydrogens (tertiary/aromatic N) is 3. The van der Waals surface area contributed by atoms with Crippen LogP contribution in [0.15, 0.2) is 54.6 Å². The van der Waals surface area contributed by atoms with E-state index in [-0.39, 0.29) is 17.2 Å². The zero-order valence-corrected chi connectivity index (χ0v) is 20.2. The molecular formula is C27H35N3O4. The summed E-state index contributed by atoms with van der Waals surface area (Å²) in [5.74, 6) is 1.55. The van der Waals surface area contributed by atoms with Crippen molar-refractivity contribution in [2.75, 3.05) is 60.0 Å². The topological polar surface area (TPSA) is 62.3 Å². The predicted molar refractivity (Wildman–Crippen MR) is 131 cm³/mol. The van der Waals surface area contributed by atoms with Crippen LogP contribution in [-0.2, 0) is 4.79 Å². The average Bonchev–Trinajstić information content (AvgIpc) is 2.88. The van der Waals surface area contributed by atoms with Gasteiger partial charge in [0.2, 0.25) is 5.91 Å². The van der Waals surface area contributed by atoms with Crippen LogP contribution in [0.5, 0.6) is 11.5 Å². The highest BCUT2D eigenvalue weighted by Gasteiger charge is 2.40. The number of piperazine rings is 1. The van der Waals surface area contributed by atoms with Crippen LogP contribution in [0.1, 0.15) is 29.6 Å².